The number of nitrogens with zero attached hydrogens (tertiary/aromatic N) is 2. The Morgan fingerprint density at radius 3 is 3.00 bits per heavy atom. The fourth-order valence-electron chi connectivity index (χ4n) is 5.15. The van der Waals surface area contributed by atoms with Gasteiger partial charge in [0, 0.05) is 18.5 Å². The Morgan fingerprint density at radius 2 is 2.11 bits per heavy atom. The number of fused-ring (bicyclic) bond motifs is 4. The molecular weight excluding hydrogens is 350 g/mol. The smallest absolute Gasteiger partial charge is 0.261 e. The molecule has 144 valence electrons. The zero-order valence-corrected chi connectivity index (χ0v) is 16.1. The van der Waals surface area contributed by atoms with Crippen LogP contribution in [0.2, 0.25) is 0 Å². The topological polar surface area (TPSA) is 56.1 Å². The fraction of sp³-hybridized carbons (Fsp3) is 0.391. The van der Waals surface area contributed by atoms with E-state index in [4.69, 9.17) is 4.74 Å². The first-order valence-corrected chi connectivity index (χ1v) is 10.1. The van der Waals surface area contributed by atoms with Crippen LogP contribution in [-0.4, -0.2) is 29.2 Å². The molecular formula is C23H25N3O2. The molecule has 1 aromatic heterocycles. The molecule has 5 heteroatoms. The summed E-state index contributed by atoms with van der Waals surface area (Å²) in [6, 6.07) is 14.4. The third kappa shape index (κ3) is 2.81. The van der Waals surface area contributed by atoms with E-state index in [0.29, 0.717) is 29.8 Å². The third-order valence-electron chi connectivity index (χ3n) is 6.51. The van der Waals surface area contributed by atoms with E-state index in [0.717, 1.165) is 30.7 Å². The molecule has 0 saturated carbocycles. The highest BCUT2D eigenvalue weighted by atomic mass is 16.5. The molecule has 1 aliphatic heterocycles. The number of ether oxygens (including phenoxy) is 1. The lowest BCUT2D eigenvalue weighted by Crippen LogP contribution is -2.31. The average molecular weight is 375 g/mol. The number of para-hydroxylation sites is 1. The molecule has 2 aromatic carbocycles. The molecule has 1 saturated heterocycles. The minimum absolute atomic E-state index is 0.0471. The summed E-state index contributed by atoms with van der Waals surface area (Å²) < 4.78 is 7.36. The van der Waals surface area contributed by atoms with Crippen molar-refractivity contribution in [3.05, 3.63) is 70.3 Å². The van der Waals surface area contributed by atoms with Crippen LogP contribution < -0.4 is 15.6 Å². The van der Waals surface area contributed by atoms with Crippen LogP contribution in [0, 0.1) is 5.92 Å². The molecule has 0 amide bonds. The molecule has 0 spiro atoms. The van der Waals surface area contributed by atoms with E-state index in [9.17, 15) is 4.79 Å². The minimum atomic E-state index is 0.0471. The summed E-state index contributed by atoms with van der Waals surface area (Å²) in [5, 5.41) is 4.42. The van der Waals surface area contributed by atoms with Crippen LogP contribution in [0.1, 0.15) is 29.9 Å². The van der Waals surface area contributed by atoms with Gasteiger partial charge >= 0.3 is 0 Å². The van der Waals surface area contributed by atoms with Crippen LogP contribution >= 0.6 is 0 Å². The van der Waals surface area contributed by atoms with Crippen molar-refractivity contribution in [2.24, 2.45) is 5.92 Å². The van der Waals surface area contributed by atoms with Crippen LogP contribution in [-0.2, 0) is 13.0 Å². The third-order valence-corrected chi connectivity index (χ3v) is 6.51. The van der Waals surface area contributed by atoms with Crippen molar-refractivity contribution >= 4 is 10.9 Å². The van der Waals surface area contributed by atoms with Gasteiger partial charge in [-0.15, -0.1) is 0 Å². The minimum Gasteiger partial charge on any atom is -0.496 e. The summed E-state index contributed by atoms with van der Waals surface area (Å²) >= 11 is 0. The summed E-state index contributed by atoms with van der Waals surface area (Å²) in [5.41, 5.74) is 3.60. The summed E-state index contributed by atoms with van der Waals surface area (Å²) in [4.78, 5) is 17.2. The van der Waals surface area contributed by atoms with Gasteiger partial charge < -0.3 is 10.1 Å². The molecule has 0 radical (unpaired) electrons. The number of methoxy groups -OCH3 is 1. The highest BCUT2D eigenvalue weighted by Gasteiger charge is 2.40. The van der Waals surface area contributed by atoms with Gasteiger partial charge in [-0.2, -0.15) is 0 Å². The number of nitrogens with one attached hydrogen (secondary N) is 1. The number of aryl methyl sites for hydroxylation is 1. The Labute approximate surface area is 164 Å². The highest BCUT2D eigenvalue weighted by Crippen LogP contribution is 2.45. The Morgan fingerprint density at radius 1 is 1.21 bits per heavy atom. The molecule has 1 unspecified atom stereocenters. The molecule has 1 fully saturated rings. The maximum atomic E-state index is 12.8. The van der Waals surface area contributed by atoms with Gasteiger partial charge in [-0.05, 0) is 61.1 Å². The Hall–Kier alpha value is -2.66. The summed E-state index contributed by atoms with van der Waals surface area (Å²) in [6.07, 6.45) is 4.88. The van der Waals surface area contributed by atoms with Crippen molar-refractivity contribution in [2.45, 2.75) is 37.8 Å². The van der Waals surface area contributed by atoms with E-state index in [1.54, 1.807) is 18.0 Å². The summed E-state index contributed by atoms with van der Waals surface area (Å²) in [6.45, 7) is 1.73. The molecule has 0 bridgehead atoms. The van der Waals surface area contributed by atoms with Gasteiger partial charge in [0.15, 0.2) is 0 Å². The fourth-order valence-corrected chi connectivity index (χ4v) is 5.15. The van der Waals surface area contributed by atoms with Gasteiger partial charge in [-0.25, -0.2) is 4.98 Å². The second-order valence-electron chi connectivity index (χ2n) is 7.92. The van der Waals surface area contributed by atoms with E-state index in [-0.39, 0.29) is 5.56 Å². The first-order valence-electron chi connectivity index (χ1n) is 10.1. The largest absolute Gasteiger partial charge is 0.496 e. The quantitative estimate of drug-likeness (QED) is 0.761. The molecule has 28 heavy (non-hydrogen) atoms. The molecule has 1 N–H and O–H groups in total. The second kappa shape index (κ2) is 7.06. The van der Waals surface area contributed by atoms with Gasteiger partial charge in [0.1, 0.15) is 5.75 Å². The van der Waals surface area contributed by atoms with E-state index in [2.05, 4.69) is 28.5 Å². The summed E-state index contributed by atoms with van der Waals surface area (Å²) in [7, 11) is 1.76. The maximum Gasteiger partial charge on any atom is 0.261 e. The lowest BCUT2D eigenvalue weighted by molar-refractivity contribution is 0.371. The highest BCUT2D eigenvalue weighted by molar-refractivity contribution is 5.76. The molecule has 5 rings (SSSR count). The van der Waals surface area contributed by atoms with Crippen molar-refractivity contribution in [1.29, 1.82) is 0 Å². The van der Waals surface area contributed by atoms with Crippen LogP contribution in [0.15, 0.2) is 53.6 Å². The van der Waals surface area contributed by atoms with Gasteiger partial charge in [0.05, 0.1) is 24.3 Å². The number of hydrogen-bond acceptors (Lipinski definition) is 4. The normalized spacial score (nSPS) is 23.4. The lowest BCUT2D eigenvalue weighted by Gasteiger charge is -2.32. The average Bonchev–Trinajstić information content (AvgIpc) is 3.16. The first-order chi connectivity index (χ1) is 13.8. The first kappa shape index (κ1) is 17.4. The predicted molar refractivity (Wildman–Crippen MR) is 110 cm³/mol. The standard InChI is InChI=1S/C23H25N3O2/c1-28-21-8-4-6-17-16(21)10-9-15-13-24-20(22(15)17)11-12-26-14-25-19-7-3-2-5-18(19)23(26)27/h2-8,14-15,20,22,24H,9-13H2,1H3/t15-,20?,22+/m0/s1. The number of rotatable bonds is 4. The van der Waals surface area contributed by atoms with Gasteiger partial charge in [-0.3, -0.25) is 9.36 Å². The van der Waals surface area contributed by atoms with Crippen LogP contribution in [0.3, 0.4) is 0 Å². The van der Waals surface area contributed by atoms with E-state index < -0.39 is 0 Å². The molecule has 5 nitrogen and oxygen atoms in total. The van der Waals surface area contributed by atoms with Crippen LogP contribution in [0.5, 0.6) is 5.75 Å². The Balaban J connectivity index is 1.41. The SMILES string of the molecule is COc1cccc2c1CC[C@H]1CNC(CCn3cnc4ccccc4c3=O)[C@@H]21. The molecule has 2 aliphatic rings. The van der Waals surface area contributed by atoms with E-state index in [1.807, 2.05) is 24.3 Å². The van der Waals surface area contributed by atoms with Crippen molar-refractivity contribution in [3.63, 3.8) is 0 Å². The molecule has 1 aliphatic carbocycles. The van der Waals surface area contributed by atoms with Crippen molar-refractivity contribution in [2.75, 3.05) is 13.7 Å². The molecule has 2 heterocycles. The predicted octanol–water partition coefficient (Wildman–Crippen LogP) is 3.11. The van der Waals surface area contributed by atoms with Crippen molar-refractivity contribution in [1.82, 2.24) is 14.9 Å². The number of benzene rings is 2. The van der Waals surface area contributed by atoms with Gasteiger partial charge in [0.2, 0.25) is 0 Å². The van der Waals surface area contributed by atoms with E-state index in [1.165, 1.54) is 17.5 Å². The van der Waals surface area contributed by atoms with E-state index >= 15 is 0 Å². The Kier molecular flexibility index (Phi) is 4.40. The van der Waals surface area contributed by atoms with Gasteiger partial charge in [-0.1, -0.05) is 24.3 Å². The molecule has 3 aromatic rings. The summed E-state index contributed by atoms with van der Waals surface area (Å²) in [5.74, 6) is 2.16. The lowest BCUT2D eigenvalue weighted by atomic mass is 9.73. The zero-order chi connectivity index (χ0) is 19.1. The van der Waals surface area contributed by atoms with Crippen LogP contribution in [0.25, 0.3) is 10.9 Å². The maximum absolute atomic E-state index is 12.8. The second-order valence-corrected chi connectivity index (χ2v) is 7.92. The van der Waals surface area contributed by atoms with Crippen molar-refractivity contribution in [3.8, 4) is 5.75 Å². The van der Waals surface area contributed by atoms with Crippen molar-refractivity contribution < 1.29 is 4.74 Å². The number of hydrogen-bond donors (Lipinski definition) is 1. The van der Waals surface area contributed by atoms with Crippen LogP contribution in [0.4, 0.5) is 0 Å². The van der Waals surface area contributed by atoms with Gasteiger partial charge in [0.25, 0.3) is 5.56 Å². The zero-order valence-electron chi connectivity index (χ0n) is 16.1. The Bertz CT molecular complexity index is 1070. The monoisotopic (exact) mass is 375 g/mol. The number of aromatic nitrogens is 2. The molecule has 3 atom stereocenters.